The molecule has 0 bridgehead atoms. The Hall–Kier alpha value is -2.92. The van der Waals surface area contributed by atoms with Crippen molar-refractivity contribution in [3.05, 3.63) is 88.7 Å². The molecule has 5 heteroatoms. The van der Waals surface area contributed by atoms with Crippen molar-refractivity contribution in [3.8, 4) is 5.75 Å². The number of nitrogens with one attached hydrogen (secondary N) is 1. The molecule has 3 aromatic carbocycles. The summed E-state index contributed by atoms with van der Waals surface area (Å²) >= 11 is 3.51. The molecule has 134 valence electrons. The Morgan fingerprint density at radius 1 is 0.963 bits per heavy atom. The van der Waals surface area contributed by atoms with Gasteiger partial charge in [0, 0.05) is 15.5 Å². The Bertz CT molecular complexity index is 1080. The fraction of sp³-hybridized carbons (Fsp3) is 0.0909. The van der Waals surface area contributed by atoms with Crippen LogP contribution in [0.2, 0.25) is 0 Å². The zero-order valence-electron chi connectivity index (χ0n) is 14.8. The molecule has 4 nitrogen and oxygen atoms in total. The minimum Gasteiger partial charge on any atom is -0.489 e. The molecule has 0 radical (unpaired) electrons. The molecular formula is C22H18BrN3O. The number of aryl methyl sites for hydroxylation is 1. The molecule has 0 spiro atoms. The monoisotopic (exact) mass is 419 g/mol. The van der Waals surface area contributed by atoms with E-state index in [0.29, 0.717) is 6.61 Å². The van der Waals surface area contributed by atoms with Crippen LogP contribution in [-0.4, -0.2) is 9.97 Å². The Labute approximate surface area is 166 Å². The molecule has 0 saturated carbocycles. The number of benzene rings is 3. The topological polar surface area (TPSA) is 47.0 Å². The largest absolute Gasteiger partial charge is 0.489 e. The predicted octanol–water partition coefficient (Wildman–Crippen LogP) is 6.02. The molecule has 27 heavy (non-hydrogen) atoms. The lowest BCUT2D eigenvalue weighted by molar-refractivity contribution is 0.304. The van der Waals surface area contributed by atoms with Gasteiger partial charge in [-0.1, -0.05) is 46.3 Å². The van der Waals surface area contributed by atoms with Gasteiger partial charge in [0.15, 0.2) is 0 Å². The standard InChI is InChI=1S/C22H18BrN3O/c1-15-11-18(8-10-21(15)27-13-16-5-3-2-4-6-16)26-22-19-12-17(23)7-9-20(19)24-14-25-22/h2-12,14H,13H2,1H3,(H,24,25,26). The van der Waals surface area contributed by atoms with Crippen LogP contribution in [0.5, 0.6) is 5.75 Å². The van der Waals surface area contributed by atoms with Crippen molar-refractivity contribution in [3.63, 3.8) is 0 Å². The number of halogens is 1. The first kappa shape index (κ1) is 17.5. The summed E-state index contributed by atoms with van der Waals surface area (Å²) < 4.78 is 6.95. The van der Waals surface area contributed by atoms with Crippen molar-refractivity contribution in [2.24, 2.45) is 0 Å². The Kier molecular flexibility index (Phi) is 5.03. The molecular weight excluding hydrogens is 402 g/mol. The molecule has 0 unspecified atom stereocenters. The third-order valence-electron chi connectivity index (χ3n) is 4.27. The van der Waals surface area contributed by atoms with Gasteiger partial charge in [-0.3, -0.25) is 0 Å². The summed E-state index contributed by atoms with van der Waals surface area (Å²) in [6.45, 7) is 2.60. The van der Waals surface area contributed by atoms with Crippen LogP contribution in [0.1, 0.15) is 11.1 Å². The van der Waals surface area contributed by atoms with Gasteiger partial charge in [-0.15, -0.1) is 0 Å². The van der Waals surface area contributed by atoms with Crippen LogP contribution in [0.25, 0.3) is 10.9 Å². The van der Waals surface area contributed by atoms with Crippen LogP contribution in [0.4, 0.5) is 11.5 Å². The summed E-state index contributed by atoms with van der Waals surface area (Å²) in [6.07, 6.45) is 1.57. The van der Waals surface area contributed by atoms with Gasteiger partial charge in [-0.25, -0.2) is 9.97 Å². The number of fused-ring (bicyclic) bond motifs is 1. The van der Waals surface area contributed by atoms with E-state index >= 15 is 0 Å². The van der Waals surface area contributed by atoms with Gasteiger partial charge in [-0.05, 0) is 54.4 Å². The molecule has 0 aliphatic rings. The smallest absolute Gasteiger partial charge is 0.141 e. The van der Waals surface area contributed by atoms with Gasteiger partial charge in [0.05, 0.1) is 5.52 Å². The summed E-state index contributed by atoms with van der Waals surface area (Å²) in [5.41, 5.74) is 4.07. The first-order chi connectivity index (χ1) is 13.2. The second kappa shape index (κ2) is 7.76. The summed E-state index contributed by atoms with van der Waals surface area (Å²) in [7, 11) is 0. The number of rotatable bonds is 5. The van der Waals surface area contributed by atoms with E-state index in [9.17, 15) is 0 Å². The lowest BCUT2D eigenvalue weighted by atomic mass is 10.2. The summed E-state index contributed by atoms with van der Waals surface area (Å²) in [5, 5.41) is 4.36. The predicted molar refractivity (Wildman–Crippen MR) is 112 cm³/mol. The number of hydrogen-bond donors (Lipinski definition) is 1. The van der Waals surface area contributed by atoms with Gasteiger partial charge < -0.3 is 10.1 Å². The normalized spacial score (nSPS) is 10.7. The van der Waals surface area contributed by atoms with Gasteiger partial charge in [0.1, 0.15) is 24.5 Å². The van der Waals surface area contributed by atoms with Gasteiger partial charge >= 0.3 is 0 Å². The molecule has 4 aromatic rings. The average Bonchev–Trinajstić information content (AvgIpc) is 2.69. The Morgan fingerprint density at radius 3 is 2.63 bits per heavy atom. The van der Waals surface area contributed by atoms with Gasteiger partial charge in [-0.2, -0.15) is 0 Å². The van der Waals surface area contributed by atoms with E-state index < -0.39 is 0 Å². The van der Waals surface area contributed by atoms with Crippen molar-refractivity contribution in [2.75, 3.05) is 5.32 Å². The van der Waals surface area contributed by atoms with Gasteiger partial charge in [0.2, 0.25) is 0 Å². The van der Waals surface area contributed by atoms with Crippen LogP contribution < -0.4 is 10.1 Å². The second-order valence-corrected chi connectivity index (χ2v) is 7.18. The van der Waals surface area contributed by atoms with Crippen molar-refractivity contribution in [2.45, 2.75) is 13.5 Å². The van der Waals surface area contributed by atoms with Crippen molar-refractivity contribution >= 4 is 38.3 Å². The molecule has 1 heterocycles. The average molecular weight is 420 g/mol. The number of anilines is 2. The fourth-order valence-corrected chi connectivity index (χ4v) is 3.25. The SMILES string of the molecule is Cc1cc(Nc2ncnc3ccc(Br)cc23)ccc1OCc1ccccc1. The molecule has 0 aliphatic carbocycles. The van der Waals surface area contributed by atoms with E-state index in [1.165, 1.54) is 0 Å². The maximum Gasteiger partial charge on any atom is 0.141 e. The second-order valence-electron chi connectivity index (χ2n) is 6.26. The Morgan fingerprint density at radius 2 is 1.81 bits per heavy atom. The number of ether oxygens (including phenoxy) is 1. The van der Waals surface area contributed by atoms with E-state index in [1.54, 1.807) is 6.33 Å². The lowest BCUT2D eigenvalue weighted by Gasteiger charge is -2.13. The van der Waals surface area contributed by atoms with Crippen molar-refractivity contribution in [1.82, 2.24) is 9.97 Å². The van der Waals surface area contributed by atoms with Crippen LogP contribution >= 0.6 is 15.9 Å². The first-order valence-corrected chi connectivity index (χ1v) is 9.43. The lowest BCUT2D eigenvalue weighted by Crippen LogP contribution is -1.99. The molecule has 0 saturated heterocycles. The van der Waals surface area contributed by atoms with Crippen molar-refractivity contribution < 1.29 is 4.74 Å². The minimum absolute atomic E-state index is 0.555. The van der Waals surface area contributed by atoms with Gasteiger partial charge in [0.25, 0.3) is 0 Å². The molecule has 0 amide bonds. The highest BCUT2D eigenvalue weighted by atomic mass is 79.9. The maximum absolute atomic E-state index is 5.95. The molecule has 0 atom stereocenters. The highest BCUT2D eigenvalue weighted by molar-refractivity contribution is 9.10. The third kappa shape index (κ3) is 4.09. The van der Waals surface area contributed by atoms with Crippen LogP contribution in [0.15, 0.2) is 77.5 Å². The number of aromatic nitrogens is 2. The fourth-order valence-electron chi connectivity index (χ4n) is 2.89. The van der Waals surface area contributed by atoms with E-state index in [0.717, 1.165) is 43.8 Å². The first-order valence-electron chi connectivity index (χ1n) is 8.64. The molecule has 0 fully saturated rings. The summed E-state index contributed by atoms with van der Waals surface area (Å²) in [5.74, 6) is 1.65. The summed E-state index contributed by atoms with van der Waals surface area (Å²) in [4.78, 5) is 8.71. The van der Waals surface area contributed by atoms with E-state index in [1.807, 2.05) is 55.5 Å². The zero-order chi connectivity index (χ0) is 18.6. The highest BCUT2D eigenvalue weighted by Gasteiger charge is 2.07. The minimum atomic E-state index is 0.555. The van der Waals surface area contributed by atoms with E-state index in [2.05, 4.69) is 49.4 Å². The Balaban J connectivity index is 1.54. The van der Waals surface area contributed by atoms with Crippen LogP contribution in [0.3, 0.4) is 0 Å². The summed E-state index contributed by atoms with van der Waals surface area (Å²) in [6, 6.07) is 22.2. The zero-order valence-corrected chi connectivity index (χ0v) is 16.4. The van der Waals surface area contributed by atoms with E-state index in [-0.39, 0.29) is 0 Å². The third-order valence-corrected chi connectivity index (χ3v) is 4.77. The number of nitrogens with zero attached hydrogens (tertiary/aromatic N) is 2. The maximum atomic E-state index is 5.95. The molecule has 4 rings (SSSR count). The number of hydrogen-bond acceptors (Lipinski definition) is 4. The highest BCUT2D eigenvalue weighted by Crippen LogP contribution is 2.28. The molecule has 1 aromatic heterocycles. The molecule has 0 aliphatic heterocycles. The quantitative estimate of drug-likeness (QED) is 0.429. The van der Waals surface area contributed by atoms with Crippen LogP contribution in [-0.2, 0) is 6.61 Å². The van der Waals surface area contributed by atoms with E-state index in [4.69, 9.17) is 4.74 Å². The van der Waals surface area contributed by atoms with Crippen molar-refractivity contribution in [1.29, 1.82) is 0 Å². The van der Waals surface area contributed by atoms with Crippen LogP contribution in [0, 0.1) is 6.92 Å². The molecule has 1 N–H and O–H groups in total.